The van der Waals surface area contributed by atoms with Crippen LogP contribution in [0, 0.1) is 22.7 Å². The molecule has 13 heavy (non-hydrogen) atoms. The van der Waals surface area contributed by atoms with Crippen molar-refractivity contribution >= 4 is 0 Å². The fraction of sp³-hybridized carbons (Fsp3) is 0.556. The highest BCUT2D eigenvalue weighted by molar-refractivity contribution is 5.34. The van der Waals surface area contributed by atoms with Crippen molar-refractivity contribution in [3.05, 3.63) is 11.8 Å². The second-order valence-corrected chi connectivity index (χ2v) is 3.29. The monoisotopic (exact) mass is 177 g/mol. The summed E-state index contributed by atoms with van der Waals surface area (Å²) in [6, 6.07) is 3.58. The molecule has 1 heterocycles. The first-order valence-electron chi connectivity index (χ1n) is 4.06. The Labute approximate surface area is 77.4 Å². The first-order valence-corrected chi connectivity index (χ1v) is 4.06. The highest BCUT2D eigenvalue weighted by atomic mass is 16.5. The number of nitrogens with one attached hydrogen (secondary N) is 1. The quantitative estimate of drug-likeness (QED) is 0.630. The van der Waals surface area contributed by atoms with Crippen LogP contribution in [0.15, 0.2) is 11.8 Å². The van der Waals surface area contributed by atoms with Crippen LogP contribution in [0.25, 0.3) is 0 Å². The molecule has 1 saturated heterocycles. The Balaban J connectivity index is 2.55. The van der Waals surface area contributed by atoms with Crippen LogP contribution in [0.3, 0.4) is 0 Å². The molecule has 1 aliphatic heterocycles. The van der Waals surface area contributed by atoms with E-state index in [1.807, 2.05) is 6.92 Å². The summed E-state index contributed by atoms with van der Waals surface area (Å²) in [5, 5.41) is 20.0. The van der Waals surface area contributed by atoms with Crippen LogP contribution in [0.4, 0.5) is 0 Å². The summed E-state index contributed by atoms with van der Waals surface area (Å²) in [7, 11) is 0. The summed E-state index contributed by atoms with van der Waals surface area (Å²) in [4.78, 5) is 0. The van der Waals surface area contributed by atoms with Crippen molar-refractivity contribution in [3.8, 4) is 12.1 Å². The molecule has 4 nitrogen and oxygen atoms in total. The molecule has 1 atom stereocenters. The first-order chi connectivity index (χ1) is 6.20. The Morgan fingerprint density at radius 1 is 1.54 bits per heavy atom. The van der Waals surface area contributed by atoms with E-state index in [9.17, 15) is 0 Å². The number of nitriles is 2. The van der Waals surface area contributed by atoms with E-state index in [4.69, 9.17) is 15.3 Å². The summed E-state index contributed by atoms with van der Waals surface area (Å²) >= 11 is 0. The number of rotatable bonds is 2. The largest absolute Gasteiger partial charge is 0.382 e. The molecule has 1 aliphatic rings. The van der Waals surface area contributed by atoms with Gasteiger partial charge in [-0.3, -0.25) is 0 Å². The van der Waals surface area contributed by atoms with Gasteiger partial charge in [0.1, 0.15) is 17.7 Å². The topological polar surface area (TPSA) is 68.8 Å². The normalized spacial score (nSPS) is 25.8. The minimum absolute atomic E-state index is 0.0909. The molecule has 0 bridgehead atoms. The lowest BCUT2D eigenvalue weighted by Crippen LogP contribution is -2.39. The minimum Gasteiger partial charge on any atom is -0.382 e. The molecule has 0 aromatic rings. The van der Waals surface area contributed by atoms with E-state index in [1.165, 1.54) is 6.20 Å². The van der Waals surface area contributed by atoms with Crippen molar-refractivity contribution in [1.82, 2.24) is 5.32 Å². The molecule has 1 unspecified atom stereocenters. The fourth-order valence-electron chi connectivity index (χ4n) is 1.12. The van der Waals surface area contributed by atoms with Gasteiger partial charge in [0.15, 0.2) is 0 Å². The third-order valence-electron chi connectivity index (χ3n) is 2.02. The summed E-state index contributed by atoms with van der Waals surface area (Å²) in [5.74, 6) is 0. The van der Waals surface area contributed by atoms with Crippen LogP contribution in [0.2, 0.25) is 0 Å². The van der Waals surface area contributed by atoms with Crippen LogP contribution < -0.4 is 5.32 Å². The number of nitrogens with zero attached hydrogens (tertiary/aromatic N) is 2. The van der Waals surface area contributed by atoms with Gasteiger partial charge >= 0.3 is 0 Å². The van der Waals surface area contributed by atoms with Gasteiger partial charge in [0.05, 0.1) is 12.1 Å². The van der Waals surface area contributed by atoms with Crippen molar-refractivity contribution < 1.29 is 4.74 Å². The van der Waals surface area contributed by atoms with E-state index in [0.717, 1.165) is 13.0 Å². The van der Waals surface area contributed by atoms with Gasteiger partial charge in [-0.25, -0.2) is 0 Å². The van der Waals surface area contributed by atoms with Gasteiger partial charge in [-0.1, -0.05) is 0 Å². The van der Waals surface area contributed by atoms with E-state index < -0.39 is 0 Å². The lowest BCUT2D eigenvalue weighted by Gasteiger charge is -2.21. The van der Waals surface area contributed by atoms with E-state index in [0.29, 0.717) is 6.61 Å². The molecule has 0 saturated carbocycles. The molecule has 68 valence electrons. The average Bonchev–Trinajstić information content (AvgIpc) is 2.55. The van der Waals surface area contributed by atoms with Crippen LogP contribution in [-0.2, 0) is 4.74 Å². The third-order valence-corrected chi connectivity index (χ3v) is 2.02. The molecule has 0 amide bonds. The van der Waals surface area contributed by atoms with Crippen molar-refractivity contribution in [2.45, 2.75) is 18.9 Å². The van der Waals surface area contributed by atoms with Gasteiger partial charge < -0.3 is 10.1 Å². The number of ether oxygens (including phenoxy) is 1. The van der Waals surface area contributed by atoms with E-state index >= 15 is 0 Å². The molecule has 0 spiro atoms. The zero-order chi connectivity index (χ0) is 9.73. The zero-order valence-electron chi connectivity index (χ0n) is 7.50. The molecule has 0 radical (unpaired) electrons. The lowest BCUT2D eigenvalue weighted by molar-refractivity contribution is 0.176. The summed E-state index contributed by atoms with van der Waals surface area (Å²) in [6.45, 7) is 3.35. The maximum Gasteiger partial charge on any atom is 0.145 e. The predicted octanol–water partition coefficient (Wildman–Crippen LogP) is 0.686. The number of hydrogen-bond acceptors (Lipinski definition) is 4. The second kappa shape index (κ2) is 3.93. The van der Waals surface area contributed by atoms with E-state index in [1.54, 1.807) is 12.1 Å². The predicted molar refractivity (Wildman–Crippen MR) is 46.3 cm³/mol. The Bertz CT molecular complexity index is 273. The molecule has 0 aliphatic carbocycles. The highest BCUT2D eigenvalue weighted by Gasteiger charge is 2.28. The Morgan fingerprint density at radius 3 is 2.69 bits per heavy atom. The van der Waals surface area contributed by atoms with Gasteiger partial charge in [-0.15, -0.1) is 0 Å². The maximum absolute atomic E-state index is 8.47. The van der Waals surface area contributed by atoms with Gasteiger partial charge in [0, 0.05) is 12.8 Å². The number of hydrogen-bond donors (Lipinski definition) is 1. The van der Waals surface area contributed by atoms with E-state index in [-0.39, 0.29) is 11.1 Å². The van der Waals surface area contributed by atoms with Crippen molar-refractivity contribution in [1.29, 1.82) is 10.5 Å². The molecule has 0 aromatic heterocycles. The maximum atomic E-state index is 8.47. The summed E-state index contributed by atoms with van der Waals surface area (Å²) in [6.07, 6.45) is 2.35. The zero-order valence-corrected chi connectivity index (χ0v) is 7.50. The highest BCUT2D eigenvalue weighted by Crippen LogP contribution is 2.17. The van der Waals surface area contributed by atoms with Crippen LogP contribution >= 0.6 is 0 Å². The van der Waals surface area contributed by atoms with Gasteiger partial charge in [0.25, 0.3) is 0 Å². The van der Waals surface area contributed by atoms with Crippen molar-refractivity contribution in [2.24, 2.45) is 0 Å². The minimum atomic E-state index is -0.126. The third kappa shape index (κ3) is 2.47. The summed E-state index contributed by atoms with van der Waals surface area (Å²) < 4.78 is 5.20. The smallest absolute Gasteiger partial charge is 0.145 e. The van der Waals surface area contributed by atoms with Gasteiger partial charge in [-0.2, -0.15) is 10.5 Å². The molecular formula is C9H11N3O. The second-order valence-electron chi connectivity index (χ2n) is 3.29. The van der Waals surface area contributed by atoms with Crippen molar-refractivity contribution in [2.75, 3.05) is 13.2 Å². The molecule has 0 aromatic carbocycles. The van der Waals surface area contributed by atoms with Crippen LogP contribution in [0.1, 0.15) is 13.3 Å². The average molecular weight is 177 g/mol. The molecule has 1 rings (SSSR count). The van der Waals surface area contributed by atoms with E-state index in [2.05, 4.69) is 5.32 Å². The fourth-order valence-corrected chi connectivity index (χ4v) is 1.12. The molecule has 1 N–H and O–H groups in total. The Kier molecular flexibility index (Phi) is 2.89. The van der Waals surface area contributed by atoms with Gasteiger partial charge in [0.2, 0.25) is 0 Å². The standard InChI is InChI=1S/C9H11N3O/c1-9(2-3-13-7-9)12-6-8(4-10)5-11/h6,12H,2-3,7H2,1H3. The lowest BCUT2D eigenvalue weighted by atomic mass is 10.0. The van der Waals surface area contributed by atoms with Crippen LogP contribution in [0.5, 0.6) is 0 Å². The summed E-state index contributed by atoms with van der Waals surface area (Å²) in [5.41, 5.74) is -0.0352. The molecule has 1 fully saturated rings. The van der Waals surface area contributed by atoms with Gasteiger partial charge in [-0.05, 0) is 13.3 Å². The molecular weight excluding hydrogens is 166 g/mol. The first kappa shape index (κ1) is 9.57. The Hall–Kier alpha value is -1.52. The van der Waals surface area contributed by atoms with Crippen molar-refractivity contribution in [3.63, 3.8) is 0 Å². The Morgan fingerprint density at radius 2 is 2.23 bits per heavy atom. The number of allylic oxidation sites excluding steroid dienone is 1. The SMILES string of the molecule is CC1(NC=C(C#N)C#N)CCOC1. The van der Waals surface area contributed by atoms with Crippen LogP contribution in [-0.4, -0.2) is 18.8 Å². The molecule has 4 heteroatoms.